The van der Waals surface area contributed by atoms with E-state index in [1.54, 1.807) is 0 Å². The number of benzene rings is 2. The fraction of sp³-hybridized carbons (Fsp3) is 0.480. The summed E-state index contributed by atoms with van der Waals surface area (Å²) < 4.78 is 13.7. The van der Waals surface area contributed by atoms with E-state index in [1.807, 2.05) is 36.4 Å². The number of rotatable bonds is 10. The molecule has 0 fully saturated rings. The van der Waals surface area contributed by atoms with Crippen molar-refractivity contribution in [2.75, 3.05) is 68.6 Å². The highest BCUT2D eigenvalue weighted by Gasteiger charge is 2.10. The number of nitrogens with zero attached hydrogens (tertiary/aromatic N) is 2. The van der Waals surface area contributed by atoms with Crippen LogP contribution in [0.1, 0.15) is 12.8 Å². The molecule has 3 aromatic rings. The van der Waals surface area contributed by atoms with Crippen LogP contribution in [0.2, 0.25) is 0 Å². The van der Waals surface area contributed by atoms with Gasteiger partial charge in [0.25, 0.3) is 0 Å². The lowest BCUT2D eigenvalue weighted by Crippen LogP contribution is -2.36. The third kappa shape index (κ3) is 6.71. The number of aromatic amines is 1. The zero-order chi connectivity index (χ0) is 22.6. The molecule has 0 saturated carbocycles. The van der Waals surface area contributed by atoms with Gasteiger partial charge in [0.15, 0.2) is 5.43 Å². The Morgan fingerprint density at radius 3 is 1.52 bits per heavy atom. The van der Waals surface area contributed by atoms with Crippen molar-refractivity contribution in [1.29, 1.82) is 0 Å². The first-order chi connectivity index (χ1) is 14.5. The number of nitrogens with one attached hydrogen (secondary N) is 1. The molecule has 0 amide bonds. The van der Waals surface area contributed by atoms with Gasteiger partial charge in [-0.05, 0) is 24.3 Å². The Labute approximate surface area is 185 Å². The van der Waals surface area contributed by atoms with Gasteiger partial charge in [0.05, 0.1) is 79.6 Å². The Kier molecular flexibility index (Phi) is 6.92. The van der Waals surface area contributed by atoms with Crippen LogP contribution in [0, 0.1) is 0 Å². The minimum atomic E-state index is 0.0249. The van der Waals surface area contributed by atoms with Gasteiger partial charge in [-0.2, -0.15) is 0 Å². The maximum atomic E-state index is 12.9. The van der Waals surface area contributed by atoms with Gasteiger partial charge in [-0.1, -0.05) is 0 Å². The summed E-state index contributed by atoms with van der Waals surface area (Å²) in [5.74, 6) is 1.55. The highest BCUT2D eigenvalue weighted by molar-refractivity contribution is 5.93. The SMILES string of the molecule is C[N+](C)(C)CCCOc1ccc2c(=O)c3ccc(OCCC[N+](C)(C)C)cc3[nH]c2c1. The fourth-order valence-electron chi connectivity index (χ4n) is 3.58. The van der Waals surface area contributed by atoms with Crippen LogP contribution in [0.3, 0.4) is 0 Å². The number of fused-ring (bicyclic) bond motifs is 2. The van der Waals surface area contributed by atoms with E-state index < -0.39 is 0 Å². The quantitative estimate of drug-likeness (QED) is 0.305. The smallest absolute Gasteiger partial charge is 0.197 e. The van der Waals surface area contributed by atoms with E-state index in [0.717, 1.165) is 57.4 Å². The summed E-state index contributed by atoms with van der Waals surface area (Å²) in [6.07, 6.45) is 1.95. The molecule has 0 bridgehead atoms. The number of H-pyrrole nitrogens is 1. The first-order valence-corrected chi connectivity index (χ1v) is 11.0. The van der Waals surface area contributed by atoms with Gasteiger partial charge in [-0.3, -0.25) is 4.79 Å². The molecule has 31 heavy (non-hydrogen) atoms. The normalized spacial score (nSPS) is 12.5. The fourth-order valence-corrected chi connectivity index (χ4v) is 3.58. The van der Waals surface area contributed by atoms with Gasteiger partial charge < -0.3 is 23.4 Å². The number of hydrogen-bond acceptors (Lipinski definition) is 3. The van der Waals surface area contributed by atoms with Crippen molar-refractivity contribution >= 4 is 21.8 Å². The molecule has 0 aliphatic carbocycles. The standard InChI is InChI=1S/C25H36N3O3/c1-27(2,3)13-7-15-30-19-9-11-21-23(17-19)26-24-18-20(10-12-22(24)25(21)29)31-16-8-14-28(4,5)6/h9-12,17-18H,7-8,13-16H2,1-6H3/q+1/p+1. The third-order valence-corrected chi connectivity index (χ3v) is 5.22. The van der Waals surface area contributed by atoms with Gasteiger partial charge in [-0.15, -0.1) is 0 Å². The van der Waals surface area contributed by atoms with Crippen LogP contribution in [0.5, 0.6) is 11.5 Å². The minimum absolute atomic E-state index is 0.0249. The Morgan fingerprint density at radius 1 is 0.710 bits per heavy atom. The summed E-state index contributed by atoms with van der Waals surface area (Å²) in [5.41, 5.74) is 1.59. The van der Waals surface area contributed by atoms with Crippen molar-refractivity contribution in [3.8, 4) is 11.5 Å². The highest BCUT2D eigenvalue weighted by atomic mass is 16.5. The second kappa shape index (κ2) is 9.28. The average molecular weight is 428 g/mol. The molecule has 0 saturated heterocycles. The third-order valence-electron chi connectivity index (χ3n) is 5.22. The second-order valence-electron chi connectivity index (χ2n) is 10.3. The van der Waals surface area contributed by atoms with Crippen LogP contribution in [0.15, 0.2) is 41.2 Å². The Morgan fingerprint density at radius 2 is 1.13 bits per heavy atom. The van der Waals surface area contributed by atoms with Crippen molar-refractivity contribution < 1.29 is 18.4 Å². The molecule has 1 N–H and O–H groups in total. The average Bonchev–Trinajstić information content (AvgIpc) is 2.67. The zero-order valence-corrected chi connectivity index (χ0v) is 19.8. The Bertz CT molecular complexity index is 1010. The van der Waals surface area contributed by atoms with Crippen LogP contribution in [0.4, 0.5) is 0 Å². The zero-order valence-electron chi connectivity index (χ0n) is 19.8. The van der Waals surface area contributed by atoms with Crippen LogP contribution < -0.4 is 14.9 Å². The first-order valence-electron chi connectivity index (χ1n) is 11.0. The number of aromatic nitrogens is 1. The van der Waals surface area contributed by atoms with Crippen molar-refractivity contribution in [3.05, 3.63) is 46.6 Å². The molecule has 168 valence electrons. The van der Waals surface area contributed by atoms with Crippen LogP contribution in [0.25, 0.3) is 21.8 Å². The van der Waals surface area contributed by atoms with E-state index in [1.165, 1.54) is 0 Å². The lowest BCUT2D eigenvalue weighted by Gasteiger charge is -2.23. The van der Waals surface area contributed by atoms with Crippen LogP contribution in [-0.4, -0.2) is 82.5 Å². The number of hydrogen-bond donors (Lipinski definition) is 1. The molecule has 1 aromatic heterocycles. The lowest BCUT2D eigenvalue weighted by atomic mass is 10.1. The monoisotopic (exact) mass is 427 g/mol. The predicted molar refractivity (Wildman–Crippen MR) is 128 cm³/mol. The van der Waals surface area contributed by atoms with Crippen molar-refractivity contribution in [1.82, 2.24) is 4.98 Å². The van der Waals surface area contributed by atoms with Crippen molar-refractivity contribution in [2.45, 2.75) is 12.8 Å². The molecular weight excluding hydrogens is 390 g/mol. The molecule has 0 unspecified atom stereocenters. The summed E-state index contributed by atoms with van der Waals surface area (Å²) >= 11 is 0. The van der Waals surface area contributed by atoms with Crippen molar-refractivity contribution in [3.63, 3.8) is 0 Å². The van der Waals surface area contributed by atoms with Crippen LogP contribution >= 0.6 is 0 Å². The van der Waals surface area contributed by atoms with Gasteiger partial charge in [-0.25, -0.2) is 0 Å². The summed E-state index contributed by atoms with van der Waals surface area (Å²) in [4.78, 5) is 16.3. The molecule has 0 radical (unpaired) electrons. The summed E-state index contributed by atoms with van der Waals surface area (Å²) in [6, 6.07) is 11.3. The largest absolute Gasteiger partial charge is 0.493 e. The maximum absolute atomic E-state index is 12.9. The van der Waals surface area contributed by atoms with Gasteiger partial charge >= 0.3 is 0 Å². The van der Waals surface area contributed by atoms with Gasteiger partial charge in [0, 0.05) is 35.7 Å². The van der Waals surface area contributed by atoms with E-state index in [9.17, 15) is 4.79 Å². The topological polar surface area (TPSA) is 51.3 Å². The van der Waals surface area contributed by atoms with E-state index in [0.29, 0.717) is 24.0 Å². The van der Waals surface area contributed by atoms with Crippen molar-refractivity contribution in [2.24, 2.45) is 0 Å². The highest BCUT2D eigenvalue weighted by Crippen LogP contribution is 2.23. The summed E-state index contributed by atoms with van der Waals surface area (Å²) in [6.45, 7) is 3.41. The molecule has 2 aromatic carbocycles. The Balaban J connectivity index is 1.75. The minimum Gasteiger partial charge on any atom is -0.493 e. The van der Waals surface area contributed by atoms with E-state index >= 15 is 0 Å². The summed E-state index contributed by atoms with van der Waals surface area (Å²) in [7, 11) is 13.0. The van der Waals surface area contributed by atoms with Gasteiger partial charge in [0.1, 0.15) is 11.5 Å². The van der Waals surface area contributed by atoms with Gasteiger partial charge in [0.2, 0.25) is 0 Å². The Hall–Kier alpha value is -2.57. The second-order valence-corrected chi connectivity index (χ2v) is 10.3. The van der Waals surface area contributed by atoms with E-state index in [-0.39, 0.29) is 5.43 Å². The number of quaternary nitrogens is 2. The number of pyridine rings is 1. The van der Waals surface area contributed by atoms with E-state index in [4.69, 9.17) is 9.47 Å². The first kappa shape index (κ1) is 23.1. The molecule has 0 spiro atoms. The molecule has 0 atom stereocenters. The summed E-state index contributed by atoms with van der Waals surface area (Å²) in [5, 5.41) is 1.34. The molecule has 6 nitrogen and oxygen atoms in total. The molecule has 0 aliphatic rings. The lowest BCUT2D eigenvalue weighted by molar-refractivity contribution is -0.870. The molecular formula is C25H37N3O3+2. The molecule has 6 heteroatoms. The molecule has 0 aliphatic heterocycles. The maximum Gasteiger partial charge on any atom is 0.197 e. The predicted octanol–water partition coefficient (Wildman–Crippen LogP) is 3.63. The van der Waals surface area contributed by atoms with E-state index in [2.05, 4.69) is 47.3 Å². The van der Waals surface area contributed by atoms with Crippen LogP contribution in [-0.2, 0) is 0 Å². The number of ether oxygens (including phenoxy) is 2. The molecule has 3 rings (SSSR count). The molecule has 1 heterocycles.